The molecule has 0 saturated heterocycles. The molecule has 0 aliphatic heterocycles. The number of nitrogens with two attached hydrogens (primary N) is 1. The third kappa shape index (κ3) is 2.15. The van der Waals surface area contributed by atoms with Gasteiger partial charge in [-0.05, 0) is 19.8 Å². The topological polar surface area (TPSA) is 79.5 Å². The lowest BCUT2D eigenvalue weighted by molar-refractivity contribution is 0.556. The average Bonchev–Trinajstić information content (AvgIpc) is 3.07. The van der Waals surface area contributed by atoms with Gasteiger partial charge in [0.15, 0.2) is 5.65 Å². The van der Waals surface area contributed by atoms with Crippen molar-refractivity contribution in [2.45, 2.75) is 32.9 Å². The molecule has 0 spiro atoms. The van der Waals surface area contributed by atoms with Crippen molar-refractivity contribution >= 4 is 17.1 Å². The molecule has 0 aliphatic rings. The summed E-state index contributed by atoms with van der Waals surface area (Å²) in [5.74, 6) is 0.568. The van der Waals surface area contributed by atoms with Gasteiger partial charge in [0, 0.05) is 32.5 Å². The van der Waals surface area contributed by atoms with E-state index in [2.05, 4.69) is 19.6 Å². The van der Waals surface area contributed by atoms with E-state index in [0.29, 0.717) is 5.95 Å². The number of nitrogen functional groups attached to an aromatic ring is 1. The monoisotopic (exact) mass is 273 g/mol. The Kier molecular flexibility index (Phi) is 3.17. The largest absolute Gasteiger partial charge is 0.369 e. The Morgan fingerprint density at radius 3 is 2.80 bits per heavy atom. The lowest BCUT2D eigenvalue weighted by Gasteiger charge is -2.07. The third-order valence-electron chi connectivity index (χ3n) is 3.53. The van der Waals surface area contributed by atoms with Crippen LogP contribution in [-0.4, -0.2) is 28.9 Å². The van der Waals surface area contributed by atoms with Gasteiger partial charge in [-0.3, -0.25) is 9.25 Å². The standard InChI is InChI=1S/C13H19N7/c1-10-11-12(18(2)17-10)20(13(14)16-11)7-4-3-6-19-8-5-15-9-19/h5,8-9H,3-4,6-7H2,1-2H3,(H2,14,16). The molecule has 0 aliphatic carbocycles. The molecule has 0 bridgehead atoms. The van der Waals surface area contributed by atoms with Crippen LogP contribution in [0.1, 0.15) is 18.5 Å². The molecule has 7 nitrogen and oxygen atoms in total. The van der Waals surface area contributed by atoms with E-state index in [-0.39, 0.29) is 0 Å². The van der Waals surface area contributed by atoms with Gasteiger partial charge >= 0.3 is 0 Å². The predicted octanol–water partition coefficient (Wildman–Crippen LogP) is 1.34. The molecule has 3 rings (SSSR count). The molecule has 0 saturated carbocycles. The van der Waals surface area contributed by atoms with Crippen LogP contribution in [0.25, 0.3) is 11.2 Å². The number of hydrogen-bond donors (Lipinski definition) is 1. The van der Waals surface area contributed by atoms with E-state index < -0.39 is 0 Å². The summed E-state index contributed by atoms with van der Waals surface area (Å²) in [7, 11) is 1.93. The summed E-state index contributed by atoms with van der Waals surface area (Å²) in [6.07, 6.45) is 7.74. The van der Waals surface area contributed by atoms with Crippen LogP contribution in [0.15, 0.2) is 18.7 Å². The van der Waals surface area contributed by atoms with Gasteiger partial charge in [-0.25, -0.2) is 9.97 Å². The number of anilines is 1. The van der Waals surface area contributed by atoms with Crippen molar-refractivity contribution in [2.24, 2.45) is 7.05 Å². The van der Waals surface area contributed by atoms with Gasteiger partial charge in [0.05, 0.1) is 12.0 Å². The van der Waals surface area contributed by atoms with Crippen molar-refractivity contribution in [3.63, 3.8) is 0 Å². The first-order chi connectivity index (χ1) is 9.66. The van der Waals surface area contributed by atoms with Crippen LogP contribution in [0.3, 0.4) is 0 Å². The molecule has 0 unspecified atom stereocenters. The van der Waals surface area contributed by atoms with Crippen LogP contribution < -0.4 is 5.73 Å². The fourth-order valence-electron chi connectivity index (χ4n) is 2.56. The Bertz CT molecular complexity index is 705. The van der Waals surface area contributed by atoms with Crippen molar-refractivity contribution in [1.29, 1.82) is 0 Å². The number of rotatable bonds is 5. The molecule has 2 N–H and O–H groups in total. The Morgan fingerprint density at radius 1 is 1.25 bits per heavy atom. The van der Waals surface area contributed by atoms with E-state index in [1.54, 1.807) is 6.20 Å². The molecule has 3 heterocycles. The summed E-state index contributed by atoms with van der Waals surface area (Å²) in [6, 6.07) is 0. The summed E-state index contributed by atoms with van der Waals surface area (Å²) >= 11 is 0. The van der Waals surface area contributed by atoms with Gasteiger partial charge in [-0.1, -0.05) is 0 Å². The number of aromatic nitrogens is 6. The maximum Gasteiger partial charge on any atom is 0.202 e. The van der Waals surface area contributed by atoms with E-state index in [1.807, 2.05) is 35.7 Å². The van der Waals surface area contributed by atoms with Crippen molar-refractivity contribution in [1.82, 2.24) is 28.9 Å². The fraction of sp³-hybridized carbons (Fsp3) is 0.462. The van der Waals surface area contributed by atoms with Crippen LogP contribution >= 0.6 is 0 Å². The first kappa shape index (κ1) is 12.7. The minimum Gasteiger partial charge on any atom is -0.369 e. The summed E-state index contributed by atoms with van der Waals surface area (Å²) in [5, 5.41) is 4.39. The highest BCUT2D eigenvalue weighted by molar-refractivity contribution is 5.77. The van der Waals surface area contributed by atoms with Crippen molar-refractivity contribution in [3.8, 4) is 0 Å². The zero-order chi connectivity index (χ0) is 14.1. The second kappa shape index (κ2) is 4.99. The molecule has 0 atom stereocenters. The van der Waals surface area contributed by atoms with Crippen LogP contribution in [0.4, 0.5) is 5.95 Å². The number of unbranched alkanes of at least 4 members (excludes halogenated alkanes) is 1. The average molecular weight is 273 g/mol. The van der Waals surface area contributed by atoms with Gasteiger partial charge < -0.3 is 10.3 Å². The van der Waals surface area contributed by atoms with E-state index in [0.717, 1.165) is 42.8 Å². The number of nitrogens with zero attached hydrogens (tertiary/aromatic N) is 6. The van der Waals surface area contributed by atoms with E-state index >= 15 is 0 Å². The van der Waals surface area contributed by atoms with Crippen molar-refractivity contribution < 1.29 is 0 Å². The predicted molar refractivity (Wildman–Crippen MR) is 77.1 cm³/mol. The SMILES string of the molecule is Cc1nn(C)c2c1nc(N)n2CCCCn1ccnc1. The molecule has 0 fully saturated rings. The summed E-state index contributed by atoms with van der Waals surface area (Å²) in [4.78, 5) is 8.44. The van der Waals surface area contributed by atoms with Crippen LogP contribution in [0, 0.1) is 6.92 Å². The highest BCUT2D eigenvalue weighted by atomic mass is 15.3. The maximum absolute atomic E-state index is 6.01. The fourth-order valence-corrected chi connectivity index (χ4v) is 2.56. The lowest BCUT2D eigenvalue weighted by Crippen LogP contribution is -2.08. The summed E-state index contributed by atoms with van der Waals surface area (Å²) < 4.78 is 5.98. The van der Waals surface area contributed by atoms with Crippen molar-refractivity contribution in [2.75, 3.05) is 5.73 Å². The summed E-state index contributed by atoms with van der Waals surface area (Å²) in [6.45, 7) is 3.79. The Hall–Kier alpha value is -2.31. The van der Waals surface area contributed by atoms with Gasteiger partial charge in [0.1, 0.15) is 5.52 Å². The molecular weight excluding hydrogens is 254 g/mol. The normalized spacial score (nSPS) is 11.5. The van der Waals surface area contributed by atoms with Gasteiger partial charge in [-0.15, -0.1) is 0 Å². The Morgan fingerprint density at radius 2 is 2.05 bits per heavy atom. The molecular formula is C13H19N7. The lowest BCUT2D eigenvalue weighted by atomic mass is 10.3. The van der Waals surface area contributed by atoms with E-state index in [9.17, 15) is 0 Å². The first-order valence-corrected chi connectivity index (χ1v) is 6.78. The zero-order valence-corrected chi connectivity index (χ0v) is 11.8. The molecule has 0 radical (unpaired) electrons. The molecule has 0 aromatic carbocycles. The van der Waals surface area contributed by atoms with Crippen LogP contribution in [-0.2, 0) is 20.1 Å². The van der Waals surface area contributed by atoms with Crippen LogP contribution in [0.2, 0.25) is 0 Å². The first-order valence-electron chi connectivity index (χ1n) is 6.78. The Balaban J connectivity index is 1.69. The van der Waals surface area contributed by atoms with Crippen molar-refractivity contribution in [3.05, 3.63) is 24.4 Å². The third-order valence-corrected chi connectivity index (χ3v) is 3.53. The Labute approximate surface area is 117 Å². The van der Waals surface area contributed by atoms with Crippen LogP contribution in [0.5, 0.6) is 0 Å². The smallest absolute Gasteiger partial charge is 0.202 e. The molecule has 0 amide bonds. The highest BCUT2D eigenvalue weighted by Crippen LogP contribution is 2.20. The number of aryl methyl sites for hydroxylation is 4. The highest BCUT2D eigenvalue weighted by Gasteiger charge is 2.14. The summed E-state index contributed by atoms with van der Waals surface area (Å²) in [5.41, 5.74) is 8.84. The molecule has 106 valence electrons. The van der Waals surface area contributed by atoms with Gasteiger partial charge in [-0.2, -0.15) is 5.10 Å². The van der Waals surface area contributed by atoms with E-state index in [4.69, 9.17) is 5.73 Å². The van der Waals surface area contributed by atoms with Gasteiger partial charge in [0.25, 0.3) is 0 Å². The van der Waals surface area contributed by atoms with Gasteiger partial charge in [0.2, 0.25) is 5.95 Å². The maximum atomic E-state index is 6.01. The molecule has 3 aromatic heterocycles. The molecule has 20 heavy (non-hydrogen) atoms. The molecule has 3 aromatic rings. The number of imidazole rings is 2. The zero-order valence-electron chi connectivity index (χ0n) is 11.8. The minimum atomic E-state index is 0.568. The number of fused-ring (bicyclic) bond motifs is 1. The second-order valence-corrected chi connectivity index (χ2v) is 5.01. The quantitative estimate of drug-likeness (QED) is 0.711. The number of hydrogen-bond acceptors (Lipinski definition) is 4. The second-order valence-electron chi connectivity index (χ2n) is 5.01. The van der Waals surface area contributed by atoms with E-state index in [1.165, 1.54) is 0 Å². The minimum absolute atomic E-state index is 0.568. The molecule has 7 heteroatoms.